The monoisotopic (exact) mass is 429 g/mol. The molecule has 0 saturated carbocycles. The van der Waals surface area contributed by atoms with E-state index in [4.69, 9.17) is 4.74 Å². The number of hydrogen-bond acceptors (Lipinski definition) is 5. The van der Waals surface area contributed by atoms with E-state index in [9.17, 15) is 14.4 Å². The van der Waals surface area contributed by atoms with Gasteiger partial charge in [-0.3, -0.25) is 14.4 Å². The van der Waals surface area contributed by atoms with Gasteiger partial charge in [-0.2, -0.15) is 0 Å². The van der Waals surface area contributed by atoms with E-state index in [1.54, 1.807) is 37.4 Å². The van der Waals surface area contributed by atoms with Crippen molar-refractivity contribution in [3.05, 3.63) is 46.7 Å². The number of ether oxygens (including phenoxy) is 1. The zero-order valence-electron chi connectivity index (χ0n) is 17.5. The molecule has 0 spiro atoms. The fraction of sp³-hybridized carbons (Fsp3) is 0.409. The lowest BCUT2D eigenvalue weighted by atomic mass is 10.1. The van der Waals surface area contributed by atoms with Gasteiger partial charge in [0.2, 0.25) is 5.91 Å². The summed E-state index contributed by atoms with van der Waals surface area (Å²) in [5.41, 5.74) is 0.603. The average Bonchev–Trinajstić information content (AvgIpc) is 3.30. The third-order valence-electron chi connectivity index (χ3n) is 5.15. The highest BCUT2D eigenvalue weighted by Crippen LogP contribution is 2.33. The molecule has 3 rings (SSSR count). The van der Waals surface area contributed by atoms with E-state index in [1.807, 2.05) is 25.3 Å². The maximum absolute atomic E-state index is 13.1. The fourth-order valence-corrected chi connectivity index (χ4v) is 4.06. The molecule has 1 aliphatic heterocycles. The minimum atomic E-state index is -0.803. The highest BCUT2D eigenvalue weighted by Gasteiger charge is 2.34. The minimum absolute atomic E-state index is 0.0666. The number of carbonyl (C=O) groups is 3. The Kier molecular flexibility index (Phi) is 7.10. The van der Waals surface area contributed by atoms with Crippen LogP contribution in [0.2, 0.25) is 0 Å². The van der Waals surface area contributed by atoms with Crippen LogP contribution in [0.4, 0.5) is 5.69 Å². The number of carbonyl (C=O) groups excluding carboxylic acids is 3. The summed E-state index contributed by atoms with van der Waals surface area (Å²) in [5.74, 6) is -0.227. The number of anilines is 1. The Balaban J connectivity index is 1.76. The lowest BCUT2D eigenvalue weighted by molar-refractivity contribution is -0.129. The van der Waals surface area contributed by atoms with Gasteiger partial charge in [-0.1, -0.05) is 32.0 Å². The average molecular weight is 430 g/mol. The largest absolute Gasteiger partial charge is 0.477 e. The molecular weight excluding hydrogens is 402 g/mol. The van der Waals surface area contributed by atoms with Gasteiger partial charge in [-0.25, -0.2) is 0 Å². The first-order valence-electron chi connectivity index (χ1n) is 10.1. The second kappa shape index (κ2) is 9.75. The van der Waals surface area contributed by atoms with Crippen LogP contribution in [0.15, 0.2) is 41.8 Å². The molecule has 1 aromatic carbocycles. The molecule has 0 radical (unpaired) electrons. The highest BCUT2D eigenvalue weighted by molar-refractivity contribution is 7.12. The van der Waals surface area contributed by atoms with E-state index in [0.29, 0.717) is 16.3 Å². The van der Waals surface area contributed by atoms with Gasteiger partial charge in [-0.15, -0.1) is 11.3 Å². The van der Waals surface area contributed by atoms with Crippen LogP contribution in [-0.4, -0.2) is 54.9 Å². The standard InChI is InChI=1S/C22H27N3O4S/c1-4-15(5-2)23-21(27)18-13-25(16-9-6-7-10-17(16)29-18)20(26)14-24(3)22(28)19-11-8-12-30-19/h6-12,15,18H,4-5,13-14H2,1-3H3,(H,23,27). The minimum Gasteiger partial charge on any atom is -0.477 e. The molecule has 1 N–H and O–H groups in total. The molecule has 1 atom stereocenters. The Labute approximate surface area is 180 Å². The molecule has 1 aromatic heterocycles. The van der Waals surface area contributed by atoms with E-state index < -0.39 is 6.10 Å². The van der Waals surface area contributed by atoms with Crippen molar-refractivity contribution < 1.29 is 19.1 Å². The third-order valence-corrected chi connectivity index (χ3v) is 6.01. The molecule has 0 saturated heterocycles. The molecular formula is C22H27N3O4S. The molecule has 0 bridgehead atoms. The summed E-state index contributed by atoms with van der Waals surface area (Å²) >= 11 is 1.34. The molecule has 2 heterocycles. The van der Waals surface area contributed by atoms with Crippen LogP contribution >= 0.6 is 11.3 Å². The van der Waals surface area contributed by atoms with E-state index in [0.717, 1.165) is 12.8 Å². The summed E-state index contributed by atoms with van der Waals surface area (Å²) in [6.45, 7) is 4.04. The van der Waals surface area contributed by atoms with Gasteiger partial charge in [0.1, 0.15) is 12.3 Å². The highest BCUT2D eigenvalue weighted by atomic mass is 32.1. The van der Waals surface area contributed by atoms with Crippen LogP contribution in [0, 0.1) is 0 Å². The van der Waals surface area contributed by atoms with Crippen molar-refractivity contribution in [3.8, 4) is 5.75 Å². The molecule has 2 aromatic rings. The zero-order chi connectivity index (χ0) is 21.7. The van der Waals surface area contributed by atoms with Gasteiger partial charge < -0.3 is 19.9 Å². The summed E-state index contributed by atoms with van der Waals surface area (Å²) in [6.07, 6.45) is 0.843. The molecule has 8 heteroatoms. The molecule has 3 amide bonds. The topological polar surface area (TPSA) is 79.0 Å². The Bertz CT molecular complexity index is 896. The number of nitrogens with zero attached hydrogens (tertiary/aromatic N) is 2. The van der Waals surface area contributed by atoms with Crippen molar-refractivity contribution in [1.82, 2.24) is 10.2 Å². The maximum Gasteiger partial charge on any atom is 0.264 e. The van der Waals surface area contributed by atoms with Gasteiger partial charge in [0.05, 0.1) is 17.1 Å². The van der Waals surface area contributed by atoms with Crippen LogP contribution in [0.25, 0.3) is 0 Å². The molecule has 1 unspecified atom stereocenters. The van der Waals surface area contributed by atoms with Crippen molar-refractivity contribution in [3.63, 3.8) is 0 Å². The van der Waals surface area contributed by atoms with E-state index in [-0.39, 0.29) is 36.9 Å². The predicted molar refractivity (Wildman–Crippen MR) is 117 cm³/mol. The smallest absolute Gasteiger partial charge is 0.264 e. The number of hydrogen-bond donors (Lipinski definition) is 1. The quantitative estimate of drug-likeness (QED) is 0.734. The molecule has 7 nitrogen and oxygen atoms in total. The number of rotatable bonds is 7. The van der Waals surface area contributed by atoms with E-state index in [1.165, 1.54) is 21.1 Å². The van der Waals surface area contributed by atoms with Crippen molar-refractivity contribution in [2.45, 2.75) is 38.8 Å². The van der Waals surface area contributed by atoms with Gasteiger partial charge >= 0.3 is 0 Å². The lowest BCUT2D eigenvalue weighted by Gasteiger charge is -2.35. The second-order valence-corrected chi connectivity index (χ2v) is 8.19. The van der Waals surface area contributed by atoms with Crippen molar-refractivity contribution in [1.29, 1.82) is 0 Å². The van der Waals surface area contributed by atoms with Crippen LogP contribution in [0.3, 0.4) is 0 Å². The number of fused-ring (bicyclic) bond motifs is 1. The van der Waals surface area contributed by atoms with E-state index in [2.05, 4.69) is 5.32 Å². The van der Waals surface area contributed by atoms with Crippen molar-refractivity contribution in [2.75, 3.05) is 25.0 Å². The molecule has 0 fully saturated rings. The Morgan fingerprint density at radius 3 is 2.60 bits per heavy atom. The van der Waals surface area contributed by atoms with Gasteiger partial charge in [0.25, 0.3) is 11.8 Å². The number of amides is 3. The number of nitrogens with one attached hydrogen (secondary N) is 1. The lowest BCUT2D eigenvalue weighted by Crippen LogP contribution is -2.54. The van der Waals surface area contributed by atoms with Crippen molar-refractivity contribution in [2.24, 2.45) is 0 Å². The number of para-hydroxylation sites is 2. The van der Waals surface area contributed by atoms with Gasteiger partial charge in [-0.05, 0) is 36.4 Å². The molecule has 160 valence electrons. The van der Waals surface area contributed by atoms with Gasteiger partial charge in [0.15, 0.2) is 6.10 Å². The number of thiophene rings is 1. The summed E-state index contributed by atoms with van der Waals surface area (Å²) in [4.78, 5) is 41.9. The summed E-state index contributed by atoms with van der Waals surface area (Å²) < 4.78 is 5.89. The van der Waals surface area contributed by atoms with Crippen LogP contribution < -0.4 is 15.0 Å². The van der Waals surface area contributed by atoms with E-state index >= 15 is 0 Å². The summed E-state index contributed by atoms with van der Waals surface area (Å²) in [5, 5.41) is 4.81. The zero-order valence-corrected chi connectivity index (χ0v) is 18.3. The van der Waals surface area contributed by atoms with Crippen LogP contribution in [0.5, 0.6) is 5.75 Å². The third kappa shape index (κ3) is 4.81. The molecule has 1 aliphatic rings. The summed E-state index contributed by atoms with van der Waals surface area (Å²) in [7, 11) is 1.60. The van der Waals surface area contributed by atoms with Crippen LogP contribution in [0.1, 0.15) is 36.4 Å². The second-order valence-electron chi connectivity index (χ2n) is 7.24. The Morgan fingerprint density at radius 2 is 1.93 bits per heavy atom. The predicted octanol–water partition coefficient (Wildman–Crippen LogP) is 2.92. The first-order valence-corrected chi connectivity index (χ1v) is 11.0. The molecule has 0 aliphatic carbocycles. The Hall–Kier alpha value is -2.87. The maximum atomic E-state index is 13.1. The number of likely N-dealkylation sites (N-methyl/N-ethyl adjacent to an activating group) is 1. The Morgan fingerprint density at radius 1 is 1.20 bits per heavy atom. The van der Waals surface area contributed by atoms with Gasteiger partial charge in [0, 0.05) is 13.1 Å². The fourth-order valence-electron chi connectivity index (χ4n) is 3.34. The SMILES string of the molecule is CCC(CC)NC(=O)C1CN(C(=O)CN(C)C(=O)c2cccs2)c2ccccc2O1. The first-order chi connectivity index (χ1) is 14.4. The summed E-state index contributed by atoms with van der Waals surface area (Å²) in [6, 6.07) is 10.7. The first kappa shape index (κ1) is 21.8. The van der Waals surface area contributed by atoms with Crippen LogP contribution in [-0.2, 0) is 9.59 Å². The molecule has 30 heavy (non-hydrogen) atoms. The van der Waals surface area contributed by atoms with Crippen molar-refractivity contribution >= 4 is 34.7 Å². The number of benzene rings is 1. The normalized spacial score (nSPS) is 15.3.